The van der Waals surface area contributed by atoms with Crippen molar-refractivity contribution in [2.24, 2.45) is 22.9 Å². The summed E-state index contributed by atoms with van der Waals surface area (Å²) in [4.78, 5) is 111. The van der Waals surface area contributed by atoms with Gasteiger partial charge in [-0.05, 0) is 134 Å². The Kier molecular flexibility index (Phi) is 47.8. The van der Waals surface area contributed by atoms with E-state index in [0.29, 0.717) is 49.6 Å². The predicted octanol–water partition coefficient (Wildman–Crippen LogP) is 17.6. The van der Waals surface area contributed by atoms with Gasteiger partial charge in [0.25, 0.3) is 24.8 Å². The molecular formula is C97H91F12N13O22S4. The number of rotatable bonds is 28. The van der Waals surface area contributed by atoms with Crippen molar-refractivity contribution in [1.29, 1.82) is 21.6 Å². The number of benzene rings is 9. The number of halogens is 12. The molecule has 0 spiro atoms. The van der Waals surface area contributed by atoms with E-state index in [4.69, 9.17) is 128 Å². The van der Waals surface area contributed by atoms with Crippen LogP contribution in [0.2, 0.25) is 0 Å². The number of carbonyl (C=O) groups is 10. The van der Waals surface area contributed by atoms with Crippen LogP contribution < -0.4 is 57.8 Å². The van der Waals surface area contributed by atoms with Crippen molar-refractivity contribution >= 4 is 170 Å². The van der Waals surface area contributed by atoms with Crippen molar-refractivity contribution in [1.82, 2.24) is 25.8 Å². The van der Waals surface area contributed by atoms with Crippen molar-refractivity contribution in [3.63, 3.8) is 0 Å². The molecule has 3 amide bonds. The van der Waals surface area contributed by atoms with Crippen LogP contribution >= 0.6 is 45.3 Å². The van der Waals surface area contributed by atoms with E-state index < -0.39 is 78.5 Å². The number of likely N-dealkylation sites (N-methyl/N-ethyl adjacent to an activating group) is 1. The van der Waals surface area contributed by atoms with Gasteiger partial charge >= 0.3 is 60.6 Å². The van der Waals surface area contributed by atoms with Gasteiger partial charge in [0, 0.05) is 90.4 Å². The number of fused-ring (bicyclic) bond motifs is 4. The highest BCUT2D eigenvalue weighted by molar-refractivity contribution is 7.22. The van der Waals surface area contributed by atoms with Crippen molar-refractivity contribution in [3.05, 3.63) is 326 Å². The second kappa shape index (κ2) is 58.4. The van der Waals surface area contributed by atoms with Gasteiger partial charge in [0.15, 0.2) is 6.10 Å². The zero-order valence-electron chi connectivity index (χ0n) is 77.0. The van der Waals surface area contributed by atoms with Gasteiger partial charge in [-0.3, -0.25) is 45.8 Å². The molecule has 14 rings (SSSR count). The molecule has 784 valence electrons. The van der Waals surface area contributed by atoms with Crippen LogP contribution in [-0.2, 0) is 60.1 Å². The number of carboxylic acids is 5. The number of alkyl carbamates (subject to hydrolysis) is 1. The predicted molar refractivity (Wildman–Crippen MR) is 528 cm³/mol. The molecule has 0 radical (unpaired) electrons. The van der Waals surface area contributed by atoms with Crippen LogP contribution in [0, 0.1) is 21.6 Å². The highest BCUT2D eigenvalue weighted by Gasteiger charge is 2.42. The number of thiophene rings is 4. The van der Waals surface area contributed by atoms with E-state index in [-0.39, 0.29) is 73.9 Å². The Bertz CT molecular complexity index is 6640. The summed E-state index contributed by atoms with van der Waals surface area (Å²) >= 11 is 5.69. The minimum absolute atomic E-state index is 0.0123. The van der Waals surface area contributed by atoms with Gasteiger partial charge in [0.2, 0.25) is 17.8 Å². The van der Waals surface area contributed by atoms with Gasteiger partial charge in [-0.25, -0.2) is 28.8 Å². The van der Waals surface area contributed by atoms with Crippen molar-refractivity contribution < 1.29 is 160 Å². The highest BCUT2D eigenvalue weighted by atomic mass is 32.1. The van der Waals surface area contributed by atoms with E-state index in [0.717, 1.165) is 79.8 Å². The maximum atomic E-state index is 13.1. The van der Waals surface area contributed by atoms with Gasteiger partial charge in [-0.15, -0.1) is 45.3 Å². The lowest BCUT2D eigenvalue weighted by molar-refractivity contribution is -0.193. The molecular weight excluding hydrogens is 2060 g/mol. The number of alkyl halides is 12. The zero-order valence-corrected chi connectivity index (χ0v) is 80.3. The third-order valence-corrected chi connectivity index (χ3v) is 22.9. The molecule has 5 heterocycles. The maximum Gasteiger partial charge on any atom is 0.490 e. The van der Waals surface area contributed by atoms with Crippen LogP contribution in [0.1, 0.15) is 78.1 Å². The average Bonchev–Trinajstić information content (AvgIpc) is 1.41. The average molecular weight is 2150 g/mol. The third kappa shape index (κ3) is 40.5. The fourth-order valence-corrected chi connectivity index (χ4v) is 15.4. The number of carboxylic acid groups (broad SMARTS) is 7. The number of hydrogen-bond acceptors (Lipinski definition) is 25. The number of hydrogen-bond donors (Lipinski definition) is 18. The number of pyridine rings is 1. The lowest BCUT2D eigenvalue weighted by Gasteiger charge is -2.26. The lowest BCUT2D eigenvalue weighted by atomic mass is 9.96. The van der Waals surface area contributed by atoms with E-state index in [1.54, 1.807) is 54.7 Å². The first-order valence-corrected chi connectivity index (χ1v) is 45.0. The fraction of sp³-hybridized carbons (Fsp3) is 0.165. The first-order valence-electron chi connectivity index (χ1n) is 41.7. The van der Waals surface area contributed by atoms with Crippen LogP contribution in [0.3, 0.4) is 0 Å². The van der Waals surface area contributed by atoms with Crippen LogP contribution in [0.5, 0.6) is 23.0 Å². The molecule has 51 heteroatoms. The molecule has 0 aliphatic heterocycles. The number of nitrogens with zero attached hydrogens (tertiary/aromatic N) is 2. The molecule has 0 bridgehead atoms. The van der Waals surface area contributed by atoms with Gasteiger partial charge < -0.3 is 103 Å². The molecule has 0 saturated carbocycles. The number of carbonyl (C=O) groups excluding carboxylic acids is 3. The Balaban J connectivity index is 0.000000315. The van der Waals surface area contributed by atoms with Crippen LogP contribution in [0.15, 0.2) is 273 Å². The molecule has 5 aromatic heterocycles. The molecule has 148 heavy (non-hydrogen) atoms. The maximum absolute atomic E-state index is 13.1. The molecule has 35 nitrogen and oxygen atoms in total. The summed E-state index contributed by atoms with van der Waals surface area (Å²) in [5.74, 6) is -10.2. The molecule has 0 saturated heterocycles. The summed E-state index contributed by atoms with van der Waals surface area (Å²) in [7, 11) is 3.92. The van der Waals surface area contributed by atoms with E-state index in [1.165, 1.54) is 52.3 Å². The number of nitrogens with one attached hydrogen (secondary N) is 7. The summed E-state index contributed by atoms with van der Waals surface area (Å²) in [6.45, 7) is 2.88. The normalized spacial score (nSPS) is 11.6. The molecule has 22 N–H and O–H groups in total. The highest BCUT2D eigenvalue weighted by Crippen LogP contribution is 2.40. The Hall–Kier alpha value is -17.3. The smallest absolute Gasteiger partial charge is 0.483 e. The van der Waals surface area contributed by atoms with Gasteiger partial charge in [-0.1, -0.05) is 170 Å². The van der Waals surface area contributed by atoms with Crippen molar-refractivity contribution in [2.45, 2.75) is 62.1 Å². The first-order chi connectivity index (χ1) is 69.7. The van der Waals surface area contributed by atoms with Crippen LogP contribution in [0.25, 0.3) is 40.3 Å². The van der Waals surface area contributed by atoms with Crippen molar-refractivity contribution in [3.8, 4) is 23.0 Å². The number of nitrogen functional groups attached to an aromatic ring is 4. The number of aliphatic carboxylic acids is 5. The minimum atomic E-state index is -5.08. The Morgan fingerprint density at radius 2 is 0.743 bits per heavy atom. The van der Waals surface area contributed by atoms with E-state index in [2.05, 4.69) is 33.1 Å². The molecule has 4 atom stereocenters. The second-order valence-corrected chi connectivity index (χ2v) is 33.8. The fourth-order valence-electron chi connectivity index (χ4n) is 11.6. The number of aromatic nitrogens is 1. The Morgan fingerprint density at radius 1 is 0.405 bits per heavy atom. The van der Waals surface area contributed by atoms with Crippen molar-refractivity contribution in [2.75, 3.05) is 40.3 Å². The van der Waals surface area contributed by atoms with Gasteiger partial charge in [-0.2, -0.15) is 52.7 Å². The standard InChI is InChI=1S/C27H26N4O4S.C21H24N4O2S.C21H17N3OS.C18H16N2O3S.4C2HF3O2.2CH2O2/c28-25(29)23-16-20-21(12-7-13-22(20)36-23)35-24(19-10-5-2-6-11-19)26(32)30-14-15-31-27(33)34-17-18-8-3-1-4-9-18;1-25(2)12-11-24-21(26)19(14-7-4-3-5-8-14)27-16-9-6-10-17-15(16)13-18(28-17)20(22)23;22-21(23)19-11-15-8-9-17(12-18(15)26-19)25-20(14-5-2-1-3-6-14)16-7-4-10-24-13-16;1-18(17(21)22,12-5-3-2-4-6-12)23-13-8-7-11-9-15(16(19)20)24-14(11)10-13;4*3-2(4,5)1(6)7;2*2-1-3/h1-13,16,24H,14-15,17H2,(H3,28,29)(H,30,32)(H,31,33);3-10,13,19H,11-12H2,1-2H3,(H3,22,23)(H,24,26);1-13,20H,(H3,22,23);2-10H,1H3,(H3,19,20)(H,21,22);4*(H,6,7);2*1H,(H,2,3). The zero-order chi connectivity index (χ0) is 110. The number of amides is 3. The largest absolute Gasteiger partial charge is 0.490 e. The monoisotopic (exact) mass is 2150 g/mol. The van der Waals surface area contributed by atoms with E-state index in [9.17, 15) is 77.0 Å². The Labute approximate surface area is 847 Å². The number of nitrogens with two attached hydrogens (primary N) is 4. The second-order valence-electron chi connectivity index (χ2n) is 29.4. The molecule has 4 unspecified atom stereocenters. The van der Waals surface area contributed by atoms with E-state index >= 15 is 0 Å². The summed E-state index contributed by atoms with van der Waals surface area (Å²) in [6.07, 6.45) is -19.2. The summed E-state index contributed by atoms with van der Waals surface area (Å²) in [5, 5.41) is 94.5. The number of ether oxygens (including phenoxy) is 5. The molecule has 0 fully saturated rings. The summed E-state index contributed by atoms with van der Waals surface area (Å²) in [6, 6.07) is 80.7. The molecule has 0 aliphatic rings. The summed E-state index contributed by atoms with van der Waals surface area (Å²) < 4.78 is 161. The molecule has 9 aromatic carbocycles. The first kappa shape index (κ1) is 121. The molecule has 0 aliphatic carbocycles. The van der Waals surface area contributed by atoms with Crippen LogP contribution in [-0.4, -0.2) is 195 Å². The van der Waals surface area contributed by atoms with E-state index in [1.807, 2.05) is 225 Å². The Morgan fingerprint density at radius 3 is 1.11 bits per heavy atom. The summed E-state index contributed by atoms with van der Waals surface area (Å²) in [5.41, 5.74) is 25.9. The van der Waals surface area contributed by atoms with Crippen LogP contribution in [0.4, 0.5) is 57.5 Å². The third-order valence-electron chi connectivity index (χ3n) is 18.4. The molecule has 14 aromatic rings. The SMILES string of the molecule is CC(Oc1ccc2cc(C(=N)N)sc2c1)(C(=O)O)c1ccccc1.CN(C)CCNC(=O)C(Oc1cccc2sc(C(=N)N)cc12)c1ccccc1.N=C(N)c1cc2c(OC(C(=O)NCCNC(=O)OCc3ccccc3)c3ccccc3)cccc2s1.N=C(N)c1cc2ccc(OC(c3ccccc3)c3cccnc3)cc2s1.O=C(O)C(F)(F)F.O=C(O)C(F)(F)F.O=C(O)C(F)(F)F.O=C(O)C(F)(F)F.O=CO.O=CO. The lowest BCUT2D eigenvalue weighted by Crippen LogP contribution is -2.38. The quantitative estimate of drug-likeness (QED) is 0.00712. The van der Waals surface area contributed by atoms with Gasteiger partial charge in [0.05, 0.1) is 19.5 Å². The minimum Gasteiger partial charge on any atom is -0.483 e. The number of amidine groups is 4. The topological polar surface area (TPSA) is 610 Å². The van der Waals surface area contributed by atoms with Gasteiger partial charge in [0.1, 0.15) is 52.9 Å².